The molecule has 0 aliphatic carbocycles. The van der Waals surface area contributed by atoms with Gasteiger partial charge in [0.15, 0.2) is 0 Å². The molecule has 0 unspecified atom stereocenters. The highest BCUT2D eigenvalue weighted by Crippen LogP contribution is 2.11. The van der Waals surface area contributed by atoms with E-state index in [-0.39, 0.29) is 11.5 Å². The van der Waals surface area contributed by atoms with Crippen molar-refractivity contribution in [2.24, 2.45) is 0 Å². The van der Waals surface area contributed by atoms with Gasteiger partial charge >= 0.3 is 5.97 Å². The summed E-state index contributed by atoms with van der Waals surface area (Å²) in [5, 5.41) is 3.35. The van der Waals surface area contributed by atoms with Crippen molar-refractivity contribution in [2.45, 2.75) is 32.9 Å². The maximum absolute atomic E-state index is 11.5. The molecule has 0 saturated carbocycles. The van der Waals surface area contributed by atoms with Crippen LogP contribution < -0.4 is 5.32 Å². The first kappa shape index (κ1) is 12.7. The van der Waals surface area contributed by atoms with Gasteiger partial charge in [-0.1, -0.05) is 18.2 Å². The summed E-state index contributed by atoms with van der Waals surface area (Å²) in [5.41, 5.74) is 1.62. The molecule has 0 heterocycles. The summed E-state index contributed by atoms with van der Waals surface area (Å²) < 4.78 is 4.74. The maximum atomic E-state index is 11.5. The van der Waals surface area contributed by atoms with Crippen LogP contribution in [0.1, 0.15) is 36.7 Å². The molecule has 0 fully saturated rings. The van der Waals surface area contributed by atoms with Crippen molar-refractivity contribution in [2.75, 3.05) is 7.11 Å². The Labute approximate surface area is 96.8 Å². The molecule has 0 bridgehead atoms. The van der Waals surface area contributed by atoms with E-state index in [4.69, 9.17) is 4.74 Å². The number of hydrogen-bond donors (Lipinski definition) is 1. The Morgan fingerprint density at radius 3 is 2.50 bits per heavy atom. The van der Waals surface area contributed by atoms with E-state index in [0.717, 1.165) is 5.56 Å². The Morgan fingerprint density at radius 2 is 1.94 bits per heavy atom. The first-order chi connectivity index (χ1) is 7.44. The highest BCUT2D eigenvalue weighted by molar-refractivity contribution is 5.90. The van der Waals surface area contributed by atoms with Crippen LogP contribution in [-0.2, 0) is 11.3 Å². The molecule has 0 aliphatic heterocycles. The number of carbonyl (C=O) groups is 1. The van der Waals surface area contributed by atoms with Gasteiger partial charge < -0.3 is 10.1 Å². The Hall–Kier alpha value is -1.35. The van der Waals surface area contributed by atoms with Crippen LogP contribution in [0, 0.1) is 0 Å². The smallest absolute Gasteiger partial charge is 0.338 e. The van der Waals surface area contributed by atoms with E-state index in [9.17, 15) is 4.79 Å². The fourth-order valence-corrected chi connectivity index (χ4v) is 1.34. The Balaban J connectivity index is 2.83. The van der Waals surface area contributed by atoms with Gasteiger partial charge in [0.05, 0.1) is 12.7 Å². The first-order valence-corrected chi connectivity index (χ1v) is 5.35. The van der Waals surface area contributed by atoms with Gasteiger partial charge in [0.2, 0.25) is 0 Å². The van der Waals surface area contributed by atoms with Crippen molar-refractivity contribution in [1.29, 1.82) is 0 Å². The summed E-state index contributed by atoms with van der Waals surface area (Å²) in [6.07, 6.45) is 0. The lowest BCUT2D eigenvalue weighted by Gasteiger charge is -2.21. The molecule has 1 N–H and O–H groups in total. The summed E-state index contributed by atoms with van der Waals surface area (Å²) in [7, 11) is 1.40. The monoisotopic (exact) mass is 221 g/mol. The van der Waals surface area contributed by atoms with Crippen molar-refractivity contribution in [3.05, 3.63) is 35.4 Å². The zero-order chi connectivity index (χ0) is 12.2. The molecule has 16 heavy (non-hydrogen) atoms. The lowest BCUT2D eigenvalue weighted by atomic mass is 10.0. The van der Waals surface area contributed by atoms with Gasteiger partial charge in [-0.25, -0.2) is 4.79 Å². The van der Waals surface area contributed by atoms with Gasteiger partial charge in [-0.05, 0) is 32.4 Å². The molecule has 0 spiro atoms. The van der Waals surface area contributed by atoms with Gasteiger partial charge in [0.1, 0.15) is 0 Å². The molecular weight excluding hydrogens is 202 g/mol. The van der Waals surface area contributed by atoms with E-state index in [1.54, 1.807) is 6.07 Å². The molecule has 1 aromatic carbocycles. The lowest BCUT2D eigenvalue weighted by molar-refractivity contribution is 0.0599. The van der Waals surface area contributed by atoms with Crippen molar-refractivity contribution in [3.63, 3.8) is 0 Å². The topological polar surface area (TPSA) is 38.3 Å². The summed E-state index contributed by atoms with van der Waals surface area (Å²) in [6, 6.07) is 7.48. The maximum Gasteiger partial charge on any atom is 0.338 e. The second-order valence-corrected chi connectivity index (χ2v) is 4.75. The van der Waals surface area contributed by atoms with Crippen LogP contribution in [0.15, 0.2) is 24.3 Å². The zero-order valence-corrected chi connectivity index (χ0v) is 10.3. The number of hydrogen-bond acceptors (Lipinski definition) is 3. The number of ether oxygens (including phenoxy) is 1. The largest absolute Gasteiger partial charge is 0.465 e. The summed E-state index contributed by atoms with van der Waals surface area (Å²) in [4.78, 5) is 11.5. The fraction of sp³-hybridized carbons (Fsp3) is 0.462. The fourth-order valence-electron chi connectivity index (χ4n) is 1.34. The van der Waals surface area contributed by atoms with Crippen LogP contribution in [0.4, 0.5) is 0 Å². The number of benzene rings is 1. The SMILES string of the molecule is COC(=O)c1ccccc1CNC(C)(C)C. The van der Waals surface area contributed by atoms with Gasteiger partial charge in [-0.15, -0.1) is 0 Å². The first-order valence-electron chi connectivity index (χ1n) is 5.35. The molecule has 0 radical (unpaired) electrons. The number of carbonyl (C=O) groups excluding carboxylic acids is 1. The molecule has 3 nitrogen and oxygen atoms in total. The minimum atomic E-state index is -0.286. The molecule has 0 atom stereocenters. The lowest BCUT2D eigenvalue weighted by Crippen LogP contribution is -2.35. The normalized spacial score (nSPS) is 11.2. The zero-order valence-electron chi connectivity index (χ0n) is 10.3. The summed E-state index contributed by atoms with van der Waals surface area (Å²) in [6.45, 7) is 6.93. The van der Waals surface area contributed by atoms with E-state index in [1.165, 1.54) is 7.11 Å². The number of esters is 1. The van der Waals surface area contributed by atoms with E-state index in [1.807, 2.05) is 18.2 Å². The van der Waals surface area contributed by atoms with Gasteiger partial charge in [0, 0.05) is 12.1 Å². The van der Waals surface area contributed by atoms with Gasteiger partial charge in [-0.2, -0.15) is 0 Å². The van der Waals surface area contributed by atoms with Crippen LogP contribution in [0.5, 0.6) is 0 Å². The highest BCUT2D eigenvalue weighted by atomic mass is 16.5. The molecule has 0 saturated heterocycles. The second-order valence-electron chi connectivity index (χ2n) is 4.75. The van der Waals surface area contributed by atoms with E-state index in [2.05, 4.69) is 26.1 Å². The third-order valence-electron chi connectivity index (χ3n) is 2.23. The predicted octanol–water partition coefficient (Wildman–Crippen LogP) is 2.36. The van der Waals surface area contributed by atoms with Crippen molar-refractivity contribution >= 4 is 5.97 Å². The van der Waals surface area contributed by atoms with Crippen LogP contribution in [-0.4, -0.2) is 18.6 Å². The molecule has 88 valence electrons. The molecule has 3 heteroatoms. The van der Waals surface area contributed by atoms with Crippen LogP contribution in [0.2, 0.25) is 0 Å². The summed E-state index contributed by atoms with van der Waals surface area (Å²) in [5.74, 6) is -0.286. The third-order valence-corrected chi connectivity index (χ3v) is 2.23. The Kier molecular flexibility index (Phi) is 4.07. The van der Waals surface area contributed by atoms with E-state index < -0.39 is 0 Å². The van der Waals surface area contributed by atoms with Crippen molar-refractivity contribution < 1.29 is 9.53 Å². The molecule has 1 aromatic rings. The molecule has 1 rings (SSSR count). The van der Waals surface area contributed by atoms with Crippen LogP contribution in [0.3, 0.4) is 0 Å². The molecular formula is C13H19NO2. The van der Waals surface area contributed by atoms with E-state index >= 15 is 0 Å². The summed E-state index contributed by atoms with van der Waals surface area (Å²) >= 11 is 0. The predicted molar refractivity (Wildman–Crippen MR) is 64.4 cm³/mol. The second kappa shape index (κ2) is 5.12. The average Bonchev–Trinajstić information content (AvgIpc) is 2.25. The van der Waals surface area contributed by atoms with Crippen LogP contribution >= 0.6 is 0 Å². The molecule has 0 amide bonds. The number of nitrogens with one attached hydrogen (secondary N) is 1. The van der Waals surface area contributed by atoms with Gasteiger partial charge in [-0.3, -0.25) is 0 Å². The van der Waals surface area contributed by atoms with Crippen molar-refractivity contribution in [1.82, 2.24) is 5.32 Å². The quantitative estimate of drug-likeness (QED) is 0.796. The molecule has 0 aromatic heterocycles. The van der Waals surface area contributed by atoms with Crippen molar-refractivity contribution in [3.8, 4) is 0 Å². The molecule has 0 aliphatic rings. The minimum absolute atomic E-state index is 0.0310. The Morgan fingerprint density at radius 1 is 1.31 bits per heavy atom. The minimum Gasteiger partial charge on any atom is -0.465 e. The number of rotatable bonds is 3. The van der Waals surface area contributed by atoms with Crippen LogP contribution in [0.25, 0.3) is 0 Å². The van der Waals surface area contributed by atoms with Gasteiger partial charge in [0.25, 0.3) is 0 Å². The highest BCUT2D eigenvalue weighted by Gasteiger charge is 2.13. The third kappa shape index (κ3) is 3.66. The van der Waals surface area contributed by atoms with E-state index in [0.29, 0.717) is 12.1 Å². The standard InChI is InChI=1S/C13H19NO2/c1-13(2,3)14-9-10-7-5-6-8-11(10)12(15)16-4/h5-8,14H,9H2,1-4H3. The number of methoxy groups -OCH3 is 1. The average molecular weight is 221 g/mol. The Bertz CT molecular complexity index is 366.